The number of amides is 1. The number of nitrogens with two attached hydrogens (primary N) is 1. The maximum atomic E-state index is 12.4. The van der Waals surface area contributed by atoms with Crippen LogP contribution < -0.4 is 21.7 Å². The van der Waals surface area contributed by atoms with Gasteiger partial charge in [-0.25, -0.2) is 0 Å². The molecule has 1 amide bonds. The van der Waals surface area contributed by atoms with E-state index in [0.717, 1.165) is 11.5 Å². The lowest BCUT2D eigenvalue weighted by molar-refractivity contribution is 0.102. The zero-order valence-corrected chi connectivity index (χ0v) is 15.9. The molecule has 0 aromatic heterocycles. The highest BCUT2D eigenvalue weighted by Crippen LogP contribution is 2.18. The molecule has 1 atom stereocenters. The number of carbonyl (C=O) groups excluding carboxylic acids is 1. The molecule has 5 N–H and O–H groups in total. The zero-order valence-electron chi connectivity index (χ0n) is 15.9. The third-order valence-electron chi connectivity index (χ3n) is 4.83. The fourth-order valence-corrected chi connectivity index (χ4v) is 3.18. The van der Waals surface area contributed by atoms with Crippen molar-refractivity contribution in [2.24, 2.45) is 4.99 Å². The lowest BCUT2D eigenvalue weighted by Gasteiger charge is -2.13. The maximum Gasteiger partial charge on any atom is 0.255 e. The fourth-order valence-electron chi connectivity index (χ4n) is 3.18. The highest BCUT2D eigenvalue weighted by Gasteiger charge is 2.18. The van der Waals surface area contributed by atoms with Gasteiger partial charge in [-0.2, -0.15) is 0 Å². The monoisotopic (exact) mass is 385 g/mol. The zero-order chi connectivity index (χ0) is 20.1. The minimum Gasteiger partial charge on any atom is -0.397 e. The van der Waals surface area contributed by atoms with Crippen LogP contribution in [0.3, 0.4) is 0 Å². The van der Waals surface area contributed by atoms with Crippen LogP contribution in [0.15, 0.2) is 83.9 Å². The number of anilines is 2. The normalized spacial score (nSPS) is 15.3. The number of nitrogens with zero attached hydrogens (tertiary/aromatic N) is 1. The summed E-state index contributed by atoms with van der Waals surface area (Å²) in [5.74, 6) is 0.607. The summed E-state index contributed by atoms with van der Waals surface area (Å²) >= 11 is 0. The van der Waals surface area contributed by atoms with Crippen LogP contribution in [0.25, 0.3) is 0 Å². The van der Waals surface area contributed by atoms with Gasteiger partial charge in [-0.15, -0.1) is 0 Å². The van der Waals surface area contributed by atoms with E-state index < -0.39 is 0 Å². The number of aliphatic imine (C=N–C) groups is 1. The highest BCUT2D eigenvalue weighted by molar-refractivity contribution is 6.05. The second kappa shape index (κ2) is 8.48. The van der Waals surface area contributed by atoms with E-state index in [9.17, 15) is 4.79 Å². The standard InChI is InChI=1S/C23H23N5O/c24-19-8-4-5-9-20(19)27-22(29)18-12-10-16(11-13-18)14-25-23-26-15-21(28-23)17-6-2-1-3-7-17/h1-13,21H,14-15,24H2,(H,27,29)(H2,25,26,28)/t21-/m1/s1. The van der Waals surface area contributed by atoms with E-state index in [2.05, 4.69) is 33.1 Å². The van der Waals surface area contributed by atoms with E-state index in [0.29, 0.717) is 30.0 Å². The fraction of sp³-hybridized carbons (Fsp3) is 0.130. The quantitative estimate of drug-likeness (QED) is 0.507. The first-order valence-corrected chi connectivity index (χ1v) is 9.53. The Morgan fingerprint density at radius 1 is 1.00 bits per heavy atom. The van der Waals surface area contributed by atoms with Crippen LogP contribution in [0.4, 0.5) is 11.4 Å². The summed E-state index contributed by atoms with van der Waals surface area (Å²) in [6.07, 6.45) is 0. The molecule has 1 heterocycles. The number of guanidine groups is 1. The van der Waals surface area contributed by atoms with Crippen LogP contribution in [0, 0.1) is 0 Å². The highest BCUT2D eigenvalue weighted by atomic mass is 16.1. The number of nitrogens with one attached hydrogen (secondary N) is 3. The Bertz CT molecular complexity index is 1010. The topological polar surface area (TPSA) is 91.5 Å². The number of rotatable bonds is 5. The van der Waals surface area contributed by atoms with Crippen LogP contribution in [0.5, 0.6) is 0 Å². The number of hydrogen-bond acceptors (Lipinski definition) is 5. The molecule has 0 saturated heterocycles. The van der Waals surface area contributed by atoms with E-state index in [1.165, 1.54) is 5.56 Å². The Morgan fingerprint density at radius 3 is 2.48 bits per heavy atom. The van der Waals surface area contributed by atoms with E-state index in [1.54, 1.807) is 12.1 Å². The molecule has 0 spiro atoms. The first-order chi connectivity index (χ1) is 14.2. The van der Waals surface area contributed by atoms with Crippen molar-refractivity contribution in [3.8, 4) is 0 Å². The van der Waals surface area contributed by atoms with E-state index >= 15 is 0 Å². The third-order valence-corrected chi connectivity index (χ3v) is 4.83. The van der Waals surface area contributed by atoms with Gasteiger partial charge >= 0.3 is 0 Å². The van der Waals surface area contributed by atoms with Crippen molar-refractivity contribution in [3.05, 3.63) is 95.6 Å². The molecule has 0 unspecified atom stereocenters. The Morgan fingerprint density at radius 2 is 1.72 bits per heavy atom. The Balaban J connectivity index is 1.30. The van der Waals surface area contributed by atoms with E-state index in [-0.39, 0.29) is 11.9 Å². The number of hydrogen-bond donors (Lipinski definition) is 4. The molecule has 1 aliphatic rings. The third kappa shape index (κ3) is 4.55. The van der Waals surface area contributed by atoms with Gasteiger partial charge in [0.05, 0.1) is 24.0 Å². The number of nitrogen functional groups attached to an aromatic ring is 1. The van der Waals surface area contributed by atoms with Crippen molar-refractivity contribution >= 4 is 23.2 Å². The lowest BCUT2D eigenvalue weighted by atomic mass is 10.1. The van der Waals surface area contributed by atoms with Gasteiger partial charge in [0.25, 0.3) is 5.91 Å². The summed E-state index contributed by atoms with van der Waals surface area (Å²) in [6, 6.07) is 25.2. The maximum absolute atomic E-state index is 12.4. The van der Waals surface area contributed by atoms with Crippen LogP contribution in [0.2, 0.25) is 0 Å². The average molecular weight is 385 g/mol. The molecular formula is C23H23N5O. The summed E-state index contributed by atoms with van der Waals surface area (Å²) in [4.78, 5) is 16.9. The molecule has 0 saturated carbocycles. The Hall–Kier alpha value is -3.80. The van der Waals surface area contributed by atoms with Crippen molar-refractivity contribution in [1.29, 1.82) is 0 Å². The Labute approximate surface area is 169 Å². The SMILES string of the molecule is Nc1ccccc1NC(=O)c1ccc(CNC2=NC[C@H](c3ccccc3)N2)cc1. The molecular weight excluding hydrogens is 362 g/mol. The summed E-state index contributed by atoms with van der Waals surface area (Å²) < 4.78 is 0. The van der Waals surface area contributed by atoms with Crippen LogP contribution >= 0.6 is 0 Å². The summed E-state index contributed by atoms with van der Waals surface area (Å²) in [5.41, 5.74) is 9.90. The van der Waals surface area contributed by atoms with E-state index in [4.69, 9.17) is 5.73 Å². The minimum atomic E-state index is -0.185. The summed E-state index contributed by atoms with van der Waals surface area (Å²) in [5, 5.41) is 9.55. The lowest BCUT2D eigenvalue weighted by Crippen LogP contribution is -2.34. The van der Waals surface area contributed by atoms with Crippen LogP contribution in [-0.2, 0) is 6.54 Å². The molecule has 0 bridgehead atoms. The predicted octanol–water partition coefficient (Wildman–Crippen LogP) is 3.31. The molecule has 3 aromatic rings. The molecule has 29 heavy (non-hydrogen) atoms. The number of carbonyl (C=O) groups is 1. The van der Waals surface area contributed by atoms with Gasteiger partial charge in [-0.3, -0.25) is 9.79 Å². The van der Waals surface area contributed by atoms with Crippen molar-refractivity contribution in [2.75, 3.05) is 17.6 Å². The van der Waals surface area contributed by atoms with Crippen LogP contribution in [-0.4, -0.2) is 18.4 Å². The number of benzene rings is 3. The average Bonchev–Trinajstić information content (AvgIpc) is 3.24. The molecule has 0 aliphatic carbocycles. The van der Waals surface area contributed by atoms with Crippen molar-refractivity contribution < 1.29 is 4.79 Å². The van der Waals surface area contributed by atoms with Crippen molar-refractivity contribution in [2.45, 2.75) is 12.6 Å². The second-order valence-electron chi connectivity index (χ2n) is 6.89. The Kier molecular flexibility index (Phi) is 5.42. The smallest absolute Gasteiger partial charge is 0.255 e. The molecule has 1 aliphatic heterocycles. The van der Waals surface area contributed by atoms with Gasteiger partial charge in [0.15, 0.2) is 5.96 Å². The number of para-hydroxylation sites is 2. The summed E-state index contributed by atoms with van der Waals surface area (Å²) in [6.45, 7) is 1.34. The molecule has 6 nitrogen and oxygen atoms in total. The van der Waals surface area contributed by atoms with Gasteiger partial charge in [-0.05, 0) is 35.4 Å². The van der Waals surface area contributed by atoms with Crippen molar-refractivity contribution in [3.63, 3.8) is 0 Å². The van der Waals surface area contributed by atoms with Gasteiger partial charge in [-0.1, -0.05) is 54.6 Å². The predicted molar refractivity (Wildman–Crippen MR) is 117 cm³/mol. The molecule has 146 valence electrons. The molecule has 4 rings (SSSR count). The summed E-state index contributed by atoms with van der Waals surface area (Å²) in [7, 11) is 0. The largest absolute Gasteiger partial charge is 0.397 e. The van der Waals surface area contributed by atoms with Gasteiger partial charge in [0.1, 0.15) is 0 Å². The molecule has 0 radical (unpaired) electrons. The molecule has 3 aromatic carbocycles. The van der Waals surface area contributed by atoms with Gasteiger partial charge < -0.3 is 21.7 Å². The minimum absolute atomic E-state index is 0.185. The van der Waals surface area contributed by atoms with Gasteiger partial charge in [0.2, 0.25) is 0 Å². The molecule has 6 heteroatoms. The van der Waals surface area contributed by atoms with Crippen molar-refractivity contribution in [1.82, 2.24) is 10.6 Å². The van der Waals surface area contributed by atoms with E-state index in [1.807, 2.05) is 54.6 Å². The van der Waals surface area contributed by atoms with Gasteiger partial charge in [0, 0.05) is 12.1 Å². The second-order valence-corrected chi connectivity index (χ2v) is 6.89. The van der Waals surface area contributed by atoms with Crippen LogP contribution in [0.1, 0.15) is 27.5 Å². The first kappa shape index (κ1) is 18.6. The molecule has 0 fully saturated rings. The first-order valence-electron chi connectivity index (χ1n) is 9.53.